The number of methoxy groups -OCH3 is 1. The molecule has 0 atom stereocenters. The van der Waals surface area contributed by atoms with Crippen LogP contribution in [-0.2, 0) is 0 Å². The van der Waals surface area contributed by atoms with Gasteiger partial charge in [-0.3, -0.25) is 10.1 Å². The molecule has 0 aromatic carbocycles. The number of carbonyl (C=O) groups excluding carboxylic acids is 1. The molecule has 1 amide bonds. The van der Waals surface area contributed by atoms with Gasteiger partial charge in [-0.25, -0.2) is 4.98 Å². The molecule has 3 heterocycles. The van der Waals surface area contributed by atoms with Gasteiger partial charge in [-0.05, 0) is 43.3 Å². The van der Waals surface area contributed by atoms with Crippen molar-refractivity contribution in [3.05, 3.63) is 27.4 Å². The van der Waals surface area contributed by atoms with Crippen molar-refractivity contribution < 1.29 is 9.53 Å². The maximum atomic E-state index is 12.2. The molecular weight excluding hydrogens is 306 g/mol. The van der Waals surface area contributed by atoms with Crippen LogP contribution in [0.4, 0.5) is 5.13 Å². The standard InChI is InChI=1S/C14H17N3O2S2/c1-19-10-4-7-20-12(10)13(18)17-14-16-8-11(21-14)9-2-5-15-6-3-9/h4,7-9,15H,2-3,5-6H2,1H3,(H,16,17,18). The van der Waals surface area contributed by atoms with Crippen LogP contribution < -0.4 is 15.4 Å². The number of piperidine rings is 1. The molecule has 0 unspecified atom stereocenters. The highest BCUT2D eigenvalue weighted by Gasteiger charge is 2.19. The van der Waals surface area contributed by atoms with Gasteiger partial charge < -0.3 is 10.1 Å². The summed E-state index contributed by atoms with van der Waals surface area (Å²) in [7, 11) is 1.57. The van der Waals surface area contributed by atoms with Gasteiger partial charge in [-0.1, -0.05) is 0 Å². The van der Waals surface area contributed by atoms with Crippen LogP contribution in [0.15, 0.2) is 17.6 Å². The number of nitrogens with one attached hydrogen (secondary N) is 2. The van der Waals surface area contributed by atoms with E-state index >= 15 is 0 Å². The number of amides is 1. The number of rotatable bonds is 4. The molecule has 5 nitrogen and oxygen atoms in total. The van der Waals surface area contributed by atoms with Crippen molar-refractivity contribution in [1.29, 1.82) is 0 Å². The molecule has 0 spiro atoms. The predicted molar refractivity (Wildman–Crippen MR) is 85.8 cm³/mol. The molecule has 0 bridgehead atoms. The normalized spacial score (nSPS) is 15.9. The Morgan fingerprint density at radius 1 is 1.48 bits per heavy atom. The van der Waals surface area contributed by atoms with Crippen LogP contribution in [0, 0.1) is 0 Å². The lowest BCUT2D eigenvalue weighted by Crippen LogP contribution is -2.26. The lowest BCUT2D eigenvalue weighted by atomic mass is 9.97. The number of aromatic nitrogens is 1. The Bertz CT molecular complexity index is 617. The summed E-state index contributed by atoms with van der Waals surface area (Å²) < 4.78 is 5.17. The van der Waals surface area contributed by atoms with E-state index in [0.29, 0.717) is 21.7 Å². The minimum Gasteiger partial charge on any atom is -0.495 e. The van der Waals surface area contributed by atoms with E-state index in [1.807, 2.05) is 11.6 Å². The predicted octanol–water partition coefficient (Wildman–Crippen LogP) is 2.93. The summed E-state index contributed by atoms with van der Waals surface area (Å²) in [4.78, 5) is 18.4. The lowest BCUT2D eigenvalue weighted by Gasteiger charge is -2.20. The number of nitrogens with zero attached hydrogens (tertiary/aromatic N) is 1. The number of carbonyl (C=O) groups is 1. The van der Waals surface area contributed by atoms with Crippen LogP contribution in [0.3, 0.4) is 0 Å². The van der Waals surface area contributed by atoms with E-state index in [1.165, 1.54) is 16.2 Å². The van der Waals surface area contributed by atoms with E-state index in [0.717, 1.165) is 25.9 Å². The second kappa shape index (κ2) is 6.55. The van der Waals surface area contributed by atoms with E-state index in [1.54, 1.807) is 24.5 Å². The number of ether oxygens (including phenoxy) is 1. The molecule has 1 aliphatic rings. The average molecular weight is 323 g/mol. The van der Waals surface area contributed by atoms with Crippen molar-refractivity contribution in [3.8, 4) is 5.75 Å². The van der Waals surface area contributed by atoms with Crippen LogP contribution in [0.1, 0.15) is 33.3 Å². The molecular formula is C14H17N3O2S2. The van der Waals surface area contributed by atoms with Gasteiger partial charge in [0.15, 0.2) is 5.13 Å². The molecule has 1 fully saturated rings. The average Bonchev–Trinajstić information content (AvgIpc) is 3.16. The number of thiazole rings is 1. The summed E-state index contributed by atoms with van der Waals surface area (Å²) in [6, 6.07) is 1.79. The minimum absolute atomic E-state index is 0.159. The zero-order valence-corrected chi connectivity index (χ0v) is 13.4. The van der Waals surface area contributed by atoms with E-state index in [9.17, 15) is 4.79 Å². The van der Waals surface area contributed by atoms with Gasteiger partial charge in [-0.15, -0.1) is 22.7 Å². The van der Waals surface area contributed by atoms with Crippen LogP contribution in [-0.4, -0.2) is 31.1 Å². The molecule has 0 saturated carbocycles. The molecule has 2 aromatic rings. The van der Waals surface area contributed by atoms with Gasteiger partial charge >= 0.3 is 0 Å². The Labute approximate surface area is 131 Å². The number of hydrogen-bond donors (Lipinski definition) is 2. The highest BCUT2D eigenvalue weighted by atomic mass is 32.1. The third-order valence-corrected chi connectivity index (χ3v) is 5.51. The smallest absolute Gasteiger partial charge is 0.271 e. The van der Waals surface area contributed by atoms with Gasteiger partial charge in [0, 0.05) is 11.1 Å². The molecule has 1 aliphatic heterocycles. The number of thiophene rings is 1. The van der Waals surface area contributed by atoms with Crippen molar-refractivity contribution in [2.75, 3.05) is 25.5 Å². The van der Waals surface area contributed by atoms with Crippen LogP contribution in [0.5, 0.6) is 5.75 Å². The topological polar surface area (TPSA) is 63.2 Å². The van der Waals surface area contributed by atoms with E-state index in [4.69, 9.17) is 4.74 Å². The monoisotopic (exact) mass is 323 g/mol. The van der Waals surface area contributed by atoms with E-state index < -0.39 is 0 Å². The third-order valence-electron chi connectivity index (χ3n) is 3.54. The second-order valence-corrected chi connectivity index (χ2v) is 6.84. The third kappa shape index (κ3) is 3.25. The number of hydrogen-bond acceptors (Lipinski definition) is 6. The first kappa shape index (κ1) is 14.5. The van der Waals surface area contributed by atoms with Gasteiger partial charge in [0.2, 0.25) is 0 Å². The Morgan fingerprint density at radius 3 is 3.05 bits per heavy atom. The molecule has 21 heavy (non-hydrogen) atoms. The molecule has 2 N–H and O–H groups in total. The molecule has 3 rings (SSSR count). The fourth-order valence-corrected chi connectivity index (χ4v) is 4.15. The minimum atomic E-state index is -0.159. The van der Waals surface area contributed by atoms with Crippen molar-refractivity contribution in [3.63, 3.8) is 0 Å². The largest absolute Gasteiger partial charge is 0.495 e. The van der Waals surface area contributed by atoms with Gasteiger partial charge in [0.25, 0.3) is 5.91 Å². The fraction of sp³-hybridized carbons (Fsp3) is 0.429. The Balaban J connectivity index is 1.68. The molecule has 112 valence electrons. The summed E-state index contributed by atoms with van der Waals surface area (Å²) in [5.41, 5.74) is 0. The Morgan fingerprint density at radius 2 is 2.29 bits per heavy atom. The molecule has 0 radical (unpaired) electrons. The van der Waals surface area contributed by atoms with E-state index in [2.05, 4.69) is 15.6 Å². The maximum absolute atomic E-state index is 12.2. The summed E-state index contributed by atoms with van der Waals surface area (Å²) in [6.45, 7) is 2.10. The number of anilines is 1. The first-order valence-corrected chi connectivity index (χ1v) is 8.57. The zero-order valence-electron chi connectivity index (χ0n) is 11.7. The van der Waals surface area contributed by atoms with Gasteiger partial charge in [0.05, 0.1) is 7.11 Å². The highest BCUT2D eigenvalue weighted by Crippen LogP contribution is 2.32. The summed E-state index contributed by atoms with van der Waals surface area (Å²) in [6.07, 6.45) is 4.16. The van der Waals surface area contributed by atoms with E-state index in [-0.39, 0.29) is 5.91 Å². The lowest BCUT2D eigenvalue weighted by molar-refractivity contribution is 0.102. The molecule has 1 saturated heterocycles. The quantitative estimate of drug-likeness (QED) is 0.908. The molecule has 7 heteroatoms. The van der Waals surface area contributed by atoms with Crippen LogP contribution in [0.2, 0.25) is 0 Å². The summed E-state index contributed by atoms with van der Waals surface area (Å²) in [5.74, 6) is 1.01. The molecule has 2 aromatic heterocycles. The fourth-order valence-electron chi connectivity index (χ4n) is 2.42. The summed E-state index contributed by atoms with van der Waals surface area (Å²) in [5, 5.41) is 8.72. The first-order chi connectivity index (χ1) is 10.3. The van der Waals surface area contributed by atoms with Gasteiger partial charge in [0.1, 0.15) is 10.6 Å². The maximum Gasteiger partial charge on any atom is 0.271 e. The van der Waals surface area contributed by atoms with Crippen molar-refractivity contribution in [2.45, 2.75) is 18.8 Å². The van der Waals surface area contributed by atoms with Crippen molar-refractivity contribution >= 4 is 33.7 Å². The first-order valence-electron chi connectivity index (χ1n) is 6.87. The van der Waals surface area contributed by atoms with Crippen molar-refractivity contribution in [2.24, 2.45) is 0 Å². The Hall–Kier alpha value is -1.44. The van der Waals surface area contributed by atoms with Crippen LogP contribution >= 0.6 is 22.7 Å². The summed E-state index contributed by atoms with van der Waals surface area (Å²) >= 11 is 2.94. The van der Waals surface area contributed by atoms with Crippen molar-refractivity contribution in [1.82, 2.24) is 10.3 Å². The molecule has 0 aliphatic carbocycles. The van der Waals surface area contributed by atoms with Gasteiger partial charge in [-0.2, -0.15) is 0 Å². The van der Waals surface area contributed by atoms with Crippen LogP contribution in [0.25, 0.3) is 0 Å². The zero-order chi connectivity index (χ0) is 14.7. The SMILES string of the molecule is COc1ccsc1C(=O)Nc1ncc(C2CCNCC2)s1. The highest BCUT2D eigenvalue weighted by molar-refractivity contribution is 7.16. The second-order valence-electron chi connectivity index (χ2n) is 4.86. The Kier molecular flexibility index (Phi) is 4.52.